The average molecular weight is 345 g/mol. The lowest BCUT2D eigenvalue weighted by atomic mass is 10.0. The number of aromatic nitrogens is 2. The number of nitrogens with zero attached hydrogens (tertiary/aromatic N) is 3. The van der Waals surface area contributed by atoms with Gasteiger partial charge in [-0.3, -0.25) is 0 Å². The minimum atomic E-state index is -0.304. The van der Waals surface area contributed by atoms with Crippen LogP contribution in [0.2, 0.25) is 0 Å². The largest absolute Gasteiger partial charge is 0.445 e. The number of carbonyl (C=O) groups excluding carboxylic acids is 1. The standard InChI is InChI=1S/C19H27N3O3/c1-13(2)11-22(19(4,5)6)18(23)24-12-15-8-7-9-16(10-15)17-20-14(3)25-21-17/h7-10,13H,11-12H2,1-6H3. The zero-order valence-electron chi connectivity index (χ0n) is 15.9. The summed E-state index contributed by atoms with van der Waals surface area (Å²) in [6.45, 7) is 12.8. The topological polar surface area (TPSA) is 68.5 Å². The van der Waals surface area contributed by atoms with E-state index in [1.54, 1.807) is 11.8 Å². The highest BCUT2D eigenvalue weighted by Crippen LogP contribution is 2.20. The Kier molecular flexibility index (Phi) is 5.82. The van der Waals surface area contributed by atoms with Crippen molar-refractivity contribution < 1.29 is 14.1 Å². The SMILES string of the molecule is Cc1nc(-c2cccc(COC(=O)N(CC(C)C)C(C)(C)C)c2)no1. The maximum atomic E-state index is 12.5. The number of ether oxygens (including phenoxy) is 1. The van der Waals surface area contributed by atoms with Crippen LogP contribution in [0.1, 0.15) is 46.1 Å². The molecule has 0 aliphatic carbocycles. The van der Waals surface area contributed by atoms with Crippen molar-refractivity contribution in [3.05, 3.63) is 35.7 Å². The Morgan fingerprint density at radius 3 is 2.60 bits per heavy atom. The van der Waals surface area contributed by atoms with Crippen LogP contribution in [0.5, 0.6) is 0 Å². The van der Waals surface area contributed by atoms with E-state index in [1.807, 2.05) is 45.0 Å². The van der Waals surface area contributed by atoms with Crippen LogP contribution >= 0.6 is 0 Å². The molecule has 1 heterocycles. The third kappa shape index (κ3) is 5.31. The molecule has 0 aliphatic rings. The predicted molar refractivity (Wildman–Crippen MR) is 96.0 cm³/mol. The van der Waals surface area contributed by atoms with Gasteiger partial charge >= 0.3 is 6.09 Å². The first-order chi connectivity index (χ1) is 11.7. The molecule has 0 bridgehead atoms. The van der Waals surface area contributed by atoms with E-state index in [1.165, 1.54) is 0 Å². The van der Waals surface area contributed by atoms with Gasteiger partial charge in [0.1, 0.15) is 6.61 Å². The van der Waals surface area contributed by atoms with Crippen LogP contribution in [-0.2, 0) is 11.3 Å². The Labute approximate surface area is 149 Å². The van der Waals surface area contributed by atoms with Gasteiger partial charge in [-0.2, -0.15) is 4.98 Å². The molecule has 0 fully saturated rings. The van der Waals surface area contributed by atoms with Gasteiger partial charge < -0.3 is 14.2 Å². The Balaban J connectivity index is 2.06. The second kappa shape index (κ2) is 7.68. The predicted octanol–water partition coefficient (Wildman–Crippen LogP) is 4.44. The second-order valence-electron chi connectivity index (χ2n) is 7.57. The van der Waals surface area contributed by atoms with Gasteiger partial charge in [-0.05, 0) is 38.3 Å². The molecule has 0 radical (unpaired) electrons. The number of rotatable bonds is 5. The second-order valence-corrected chi connectivity index (χ2v) is 7.57. The average Bonchev–Trinajstić information content (AvgIpc) is 2.96. The Bertz CT molecular complexity index is 717. The molecule has 0 saturated carbocycles. The van der Waals surface area contributed by atoms with Crippen LogP contribution in [0.3, 0.4) is 0 Å². The number of hydrogen-bond donors (Lipinski definition) is 0. The van der Waals surface area contributed by atoms with Gasteiger partial charge in [0.15, 0.2) is 0 Å². The van der Waals surface area contributed by atoms with Crippen molar-refractivity contribution in [3.63, 3.8) is 0 Å². The molecule has 2 aromatic rings. The van der Waals surface area contributed by atoms with Crippen LogP contribution in [0.4, 0.5) is 4.79 Å². The van der Waals surface area contributed by atoms with E-state index in [-0.39, 0.29) is 18.2 Å². The zero-order valence-corrected chi connectivity index (χ0v) is 15.9. The number of carbonyl (C=O) groups is 1. The van der Waals surface area contributed by atoms with Crippen LogP contribution in [0, 0.1) is 12.8 Å². The first kappa shape index (κ1) is 19.0. The van der Waals surface area contributed by atoms with Crippen molar-refractivity contribution in [2.75, 3.05) is 6.54 Å². The van der Waals surface area contributed by atoms with Crippen molar-refractivity contribution >= 4 is 6.09 Å². The molecular weight excluding hydrogens is 318 g/mol. The molecule has 1 aromatic carbocycles. The van der Waals surface area contributed by atoms with Gasteiger partial charge in [-0.15, -0.1) is 0 Å². The van der Waals surface area contributed by atoms with Crippen LogP contribution < -0.4 is 0 Å². The molecule has 0 N–H and O–H groups in total. The van der Waals surface area contributed by atoms with Gasteiger partial charge in [-0.1, -0.05) is 37.2 Å². The fourth-order valence-corrected chi connectivity index (χ4v) is 2.43. The molecule has 136 valence electrons. The lowest BCUT2D eigenvalue weighted by Crippen LogP contribution is -2.47. The zero-order chi connectivity index (χ0) is 18.6. The highest BCUT2D eigenvalue weighted by molar-refractivity contribution is 5.68. The molecule has 1 amide bonds. The molecule has 0 atom stereocenters. The Hall–Kier alpha value is -2.37. The lowest BCUT2D eigenvalue weighted by molar-refractivity contribution is 0.0569. The van der Waals surface area contributed by atoms with Crippen molar-refractivity contribution in [2.24, 2.45) is 5.92 Å². The fraction of sp³-hybridized carbons (Fsp3) is 0.526. The van der Waals surface area contributed by atoms with E-state index >= 15 is 0 Å². The molecule has 1 aromatic heterocycles. The molecule has 0 aliphatic heterocycles. The van der Waals surface area contributed by atoms with E-state index in [4.69, 9.17) is 9.26 Å². The van der Waals surface area contributed by atoms with E-state index in [2.05, 4.69) is 24.0 Å². The Morgan fingerprint density at radius 1 is 1.32 bits per heavy atom. The summed E-state index contributed by atoms with van der Waals surface area (Å²) in [5, 5.41) is 3.91. The van der Waals surface area contributed by atoms with E-state index in [9.17, 15) is 4.79 Å². The normalized spacial score (nSPS) is 11.6. The van der Waals surface area contributed by atoms with E-state index in [0.29, 0.717) is 24.2 Å². The van der Waals surface area contributed by atoms with Gasteiger partial charge in [-0.25, -0.2) is 4.79 Å². The third-order valence-electron chi connectivity index (χ3n) is 3.65. The van der Waals surface area contributed by atoms with Crippen LogP contribution in [-0.4, -0.2) is 33.2 Å². The molecule has 0 spiro atoms. The van der Waals surface area contributed by atoms with Crippen LogP contribution in [0.15, 0.2) is 28.8 Å². The minimum absolute atomic E-state index is 0.203. The highest BCUT2D eigenvalue weighted by Gasteiger charge is 2.28. The van der Waals surface area contributed by atoms with Crippen molar-refractivity contribution in [2.45, 2.75) is 53.7 Å². The summed E-state index contributed by atoms with van der Waals surface area (Å²) in [5.74, 6) is 1.42. The third-order valence-corrected chi connectivity index (χ3v) is 3.65. The van der Waals surface area contributed by atoms with Crippen molar-refractivity contribution in [3.8, 4) is 11.4 Å². The monoisotopic (exact) mass is 345 g/mol. The molecular formula is C19H27N3O3. The van der Waals surface area contributed by atoms with Gasteiger partial charge in [0, 0.05) is 24.6 Å². The Morgan fingerprint density at radius 2 is 2.04 bits per heavy atom. The van der Waals surface area contributed by atoms with E-state index in [0.717, 1.165) is 11.1 Å². The number of hydrogen-bond acceptors (Lipinski definition) is 5. The summed E-state index contributed by atoms with van der Waals surface area (Å²) in [6.07, 6.45) is -0.304. The first-order valence-corrected chi connectivity index (χ1v) is 8.51. The lowest BCUT2D eigenvalue weighted by Gasteiger charge is -2.36. The smallest absolute Gasteiger partial charge is 0.410 e. The van der Waals surface area contributed by atoms with Gasteiger partial charge in [0.25, 0.3) is 0 Å². The molecule has 0 saturated heterocycles. The minimum Gasteiger partial charge on any atom is -0.445 e. The molecule has 6 heteroatoms. The number of benzene rings is 1. The molecule has 25 heavy (non-hydrogen) atoms. The summed E-state index contributed by atoms with van der Waals surface area (Å²) >= 11 is 0. The van der Waals surface area contributed by atoms with Gasteiger partial charge in [0.2, 0.25) is 11.7 Å². The summed E-state index contributed by atoms with van der Waals surface area (Å²) < 4.78 is 10.5. The number of aryl methyl sites for hydroxylation is 1. The van der Waals surface area contributed by atoms with E-state index < -0.39 is 0 Å². The highest BCUT2D eigenvalue weighted by atomic mass is 16.6. The summed E-state index contributed by atoms with van der Waals surface area (Å²) in [6, 6.07) is 7.60. The maximum Gasteiger partial charge on any atom is 0.410 e. The van der Waals surface area contributed by atoms with Gasteiger partial charge in [0.05, 0.1) is 0 Å². The molecule has 2 rings (SSSR count). The first-order valence-electron chi connectivity index (χ1n) is 8.51. The van der Waals surface area contributed by atoms with Crippen molar-refractivity contribution in [1.29, 1.82) is 0 Å². The fourth-order valence-electron chi connectivity index (χ4n) is 2.43. The summed E-state index contributed by atoms with van der Waals surface area (Å²) in [5.41, 5.74) is 1.43. The molecule has 0 unspecified atom stereocenters. The summed E-state index contributed by atoms with van der Waals surface area (Å²) in [4.78, 5) is 18.5. The molecule has 6 nitrogen and oxygen atoms in total. The summed E-state index contributed by atoms with van der Waals surface area (Å²) in [7, 11) is 0. The van der Waals surface area contributed by atoms with Crippen LogP contribution in [0.25, 0.3) is 11.4 Å². The maximum absolute atomic E-state index is 12.5. The van der Waals surface area contributed by atoms with Crippen molar-refractivity contribution in [1.82, 2.24) is 15.0 Å². The quantitative estimate of drug-likeness (QED) is 0.801. The number of amides is 1.